The lowest BCUT2D eigenvalue weighted by Crippen LogP contribution is -2.30. The summed E-state index contributed by atoms with van der Waals surface area (Å²) in [7, 11) is 1.12. The van der Waals surface area contributed by atoms with Crippen molar-refractivity contribution in [1.82, 2.24) is 15.5 Å². The Bertz CT molecular complexity index is 427. The quantitative estimate of drug-likeness (QED) is 0.758. The van der Waals surface area contributed by atoms with Gasteiger partial charge in [-0.2, -0.15) is 18.3 Å². The molecule has 2 N–H and O–H groups in total. The number of esters is 1. The van der Waals surface area contributed by atoms with E-state index in [9.17, 15) is 22.8 Å². The van der Waals surface area contributed by atoms with Gasteiger partial charge < -0.3 is 10.1 Å². The van der Waals surface area contributed by atoms with Crippen molar-refractivity contribution < 1.29 is 27.5 Å². The second-order valence-corrected chi connectivity index (χ2v) is 2.92. The van der Waals surface area contributed by atoms with E-state index < -0.39 is 36.0 Å². The second-order valence-electron chi connectivity index (χ2n) is 2.92. The Hall–Kier alpha value is -2.06. The van der Waals surface area contributed by atoms with Crippen LogP contribution >= 0.6 is 0 Å². The number of carbonyl (C=O) groups is 2. The summed E-state index contributed by atoms with van der Waals surface area (Å²) in [6.07, 6.45) is -4.60. The summed E-state index contributed by atoms with van der Waals surface area (Å²) >= 11 is 0. The zero-order valence-electron chi connectivity index (χ0n) is 8.59. The average Bonchev–Trinajstić information content (AvgIpc) is 2.74. The zero-order chi connectivity index (χ0) is 13.1. The van der Waals surface area contributed by atoms with Gasteiger partial charge in [-0.3, -0.25) is 14.7 Å². The maximum atomic E-state index is 12.2. The molecule has 1 amide bonds. The summed E-state index contributed by atoms with van der Waals surface area (Å²) < 4.78 is 40.7. The van der Waals surface area contributed by atoms with Gasteiger partial charge in [-0.15, -0.1) is 0 Å². The summed E-state index contributed by atoms with van der Waals surface area (Å²) in [5.74, 6) is -1.62. The maximum absolute atomic E-state index is 12.2. The normalized spacial score (nSPS) is 11.1. The highest BCUT2D eigenvalue weighted by molar-refractivity contribution is 5.94. The molecule has 1 heterocycles. The van der Waals surface area contributed by atoms with Gasteiger partial charge in [0.25, 0.3) is 5.91 Å². The summed E-state index contributed by atoms with van der Waals surface area (Å²) in [4.78, 5) is 21.9. The van der Waals surface area contributed by atoms with Crippen molar-refractivity contribution in [2.75, 3.05) is 13.7 Å². The van der Waals surface area contributed by atoms with Crippen LogP contribution in [0.2, 0.25) is 0 Å². The number of rotatable bonds is 3. The fourth-order valence-corrected chi connectivity index (χ4v) is 0.898. The van der Waals surface area contributed by atoms with Crippen LogP contribution in [0.5, 0.6) is 0 Å². The number of methoxy groups -OCH3 is 1. The lowest BCUT2D eigenvalue weighted by molar-refractivity contribution is -0.141. The Morgan fingerprint density at radius 2 is 2.18 bits per heavy atom. The van der Waals surface area contributed by atoms with Crippen LogP contribution in [0.15, 0.2) is 6.07 Å². The average molecular weight is 251 g/mol. The van der Waals surface area contributed by atoms with Gasteiger partial charge in [0, 0.05) is 6.07 Å². The molecule has 9 heteroatoms. The molecule has 0 spiro atoms. The molecule has 0 saturated heterocycles. The van der Waals surface area contributed by atoms with Gasteiger partial charge in [-0.1, -0.05) is 0 Å². The van der Waals surface area contributed by atoms with E-state index in [4.69, 9.17) is 0 Å². The third kappa shape index (κ3) is 3.47. The van der Waals surface area contributed by atoms with Gasteiger partial charge in [-0.05, 0) is 0 Å². The van der Waals surface area contributed by atoms with E-state index >= 15 is 0 Å². The van der Waals surface area contributed by atoms with Crippen LogP contribution in [0.3, 0.4) is 0 Å². The smallest absolute Gasteiger partial charge is 0.432 e. The standard InChI is InChI=1S/C8H8F3N3O3/c1-17-6(15)3-12-7(16)4-2-5(14-13-4)8(9,10)11/h2H,3H2,1H3,(H,12,16)(H,13,14). The van der Waals surface area contributed by atoms with Crippen LogP contribution in [0, 0.1) is 0 Å². The summed E-state index contributed by atoms with van der Waals surface area (Å²) in [5, 5.41) is 6.90. The van der Waals surface area contributed by atoms with Crippen LogP contribution in [0.25, 0.3) is 0 Å². The number of aromatic nitrogens is 2. The second kappa shape index (κ2) is 4.85. The van der Waals surface area contributed by atoms with Crippen molar-refractivity contribution >= 4 is 11.9 Å². The summed E-state index contributed by atoms with van der Waals surface area (Å²) in [6.45, 7) is -0.441. The lowest BCUT2D eigenvalue weighted by Gasteiger charge is -2.01. The van der Waals surface area contributed by atoms with E-state index in [1.165, 1.54) is 0 Å². The van der Waals surface area contributed by atoms with Crippen LogP contribution in [0.1, 0.15) is 16.2 Å². The number of amides is 1. The van der Waals surface area contributed by atoms with Crippen LogP contribution < -0.4 is 5.32 Å². The van der Waals surface area contributed by atoms with Crippen LogP contribution in [0.4, 0.5) is 13.2 Å². The number of nitrogens with zero attached hydrogens (tertiary/aromatic N) is 1. The van der Waals surface area contributed by atoms with Gasteiger partial charge in [-0.25, -0.2) is 0 Å². The molecule has 0 atom stereocenters. The van der Waals surface area contributed by atoms with Gasteiger partial charge in [0.1, 0.15) is 12.2 Å². The molecule has 0 saturated carbocycles. The van der Waals surface area contributed by atoms with Crippen LogP contribution in [-0.2, 0) is 15.7 Å². The first kappa shape index (κ1) is 13.0. The SMILES string of the molecule is COC(=O)CNC(=O)c1cc(C(F)(F)F)[nH]n1. The van der Waals surface area contributed by atoms with E-state index in [0.717, 1.165) is 7.11 Å². The summed E-state index contributed by atoms with van der Waals surface area (Å²) in [5.41, 5.74) is -1.60. The predicted molar refractivity (Wildman–Crippen MR) is 47.9 cm³/mol. The molecule has 0 aliphatic heterocycles. The topological polar surface area (TPSA) is 84.1 Å². The maximum Gasteiger partial charge on any atom is 0.432 e. The van der Waals surface area contributed by atoms with Crippen molar-refractivity contribution in [3.63, 3.8) is 0 Å². The minimum absolute atomic E-state index is 0.441. The molecule has 0 aromatic carbocycles. The highest BCUT2D eigenvalue weighted by Crippen LogP contribution is 2.27. The fraction of sp³-hybridized carbons (Fsp3) is 0.375. The fourth-order valence-electron chi connectivity index (χ4n) is 0.898. The highest BCUT2D eigenvalue weighted by Gasteiger charge is 2.33. The minimum Gasteiger partial charge on any atom is -0.468 e. The number of H-pyrrole nitrogens is 1. The third-order valence-corrected chi connectivity index (χ3v) is 1.74. The third-order valence-electron chi connectivity index (χ3n) is 1.74. The van der Waals surface area contributed by atoms with Gasteiger partial charge in [0.05, 0.1) is 7.11 Å². The van der Waals surface area contributed by atoms with Crippen molar-refractivity contribution in [2.45, 2.75) is 6.18 Å². The first-order valence-corrected chi connectivity index (χ1v) is 4.32. The monoisotopic (exact) mass is 251 g/mol. The summed E-state index contributed by atoms with van der Waals surface area (Å²) in [6, 6.07) is 0.548. The molecule has 0 radical (unpaired) electrons. The molecule has 0 unspecified atom stereocenters. The molecule has 1 aromatic heterocycles. The Balaban J connectivity index is 2.65. The van der Waals surface area contributed by atoms with Crippen molar-refractivity contribution in [1.29, 1.82) is 0 Å². The van der Waals surface area contributed by atoms with Crippen molar-refractivity contribution in [2.24, 2.45) is 0 Å². The minimum atomic E-state index is -4.60. The first-order chi connectivity index (χ1) is 7.84. The highest BCUT2D eigenvalue weighted by atomic mass is 19.4. The number of halogens is 3. The van der Waals surface area contributed by atoms with Crippen molar-refractivity contribution in [3.05, 3.63) is 17.5 Å². The Morgan fingerprint density at radius 3 is 2.65 bits per heavy atom. The van der Waals surface area contributed by atoms with E-state index in [1.807, 2.05) is 0 Å². The largest absolute Gasteiger partial charge is 0.468 e. The molecule has 1 rings (SSSR count). The molecule has 17 heavy (non-hydrogen) atoms. The van der Waals surface area contributed by atoms with Gasteiger partial charge in [0.15, 0.2) is 5.69 Å². The Labute approximate surface area is 93.1 Å². The Morgan fingerprint density at radius 1 is 1.53 bits per heavy atom. The number of aromatic amines is 1. The Kier molecular flexibility index (Phi) is 3.71. The number of hydrogen-bond donors (Lipinski definition) is 2. The van der Waals surface area contributed by atoms with Crippen LogP contribution in [-0.4, -0.2) is 35.7 Å². The predicted octanol–water partition coefficient (Wildman–Crippen LogP) is 0.331. The van der Waals surface area contributed by atoms with Gasteiger partial charge >= 0.3 is 12.1 Å². The van der Waals surface area contributed by atoms with E-state index in [2.05, 4.69) is 15.2 Å². The van der Waals surface area contributed by atoms with Crippen molar-refractivity contribution in [3.8, 4) is 0 Å². The molecule has 6 nitrogen and oxygen atoms in total. The molecular formula is C8H8F3N3O3. The number of ether oxygens (including phenoxy) is 1. The molecular weight excluding hydrogens is 243 g/mol. The van der Waals surface area contributed by atoms with E-state index in [-0.39, 0.29) is 0 Å². The van der Waals surface area contributed by atoms with Gasteiger partial charge in [0.2, 0.25) is 0 Å². The molecule has 0 bridgehead atoms. The van der Waals surface area contributed by atoms with E-state index in [0.29, 0.717) is 6.07 Å². The van der Waals surface area contributed by atoms with E-state index in [1.54, 1.807) is 5.10 Å². The number of carbonyl (C=O) groups excluding carboxylic acids is 2. The molecule has 1 aromatic rings. The lowest BCUT2D eigenvalue weighted by atomic mass is 10.3. The first-order valence-electron chi connectivity index (χ1n) is 4.32. The number of alkyl halides is 3. The number of nitrogens with one attached hydrogen (secondary N) is 2. The molecule has 0 fully saturated rings. The molecule has 94 valence electrons. The molecule has 0 aliphatic rings. The zero-order valence-corrected chi connectivity index (χ0v) is 8.59. The number of hydrogen-bond acceptors (Lipinski definition) is 4. The molecule has 0 aliphatic carbocycles.